The fourth-order valence-corrected chi connectivity index (χ4v) is 3.02. The van der Waals surface area contributed by atoms with Crippen LogP contribution >= 0.6 is 15.9 Å². The first-order chi connectivity index (χ1) is 10.1. The fraction of sp³-hybridized carbons (Fsp3) is 0.0769. The summed E-state index contributed by atoms with van der Waals surface area (Å²) in [5.41, 5.74) is -2.52. The van der Waals surface area contributed by atoms with Gasteiger partial charge in [-0.15, -0.1) is 0 Å². The Bertz CT molecular complexity index is 789. The van der Waals surface area contributed by atoms with Gasteiger partial charge >= 0.3 is 6.18 Å². The van der Waals surface area contributed by atoms with Gasteiger partial charge in [0, 0.05) is 4.47 Å². The van der Waals surface area contributed by atoms with Gasteiger partial charge in [-0.05, 0) is 36.4 Å². The van der Waals surface area contributed by atoms with Gasteiger partial charge in [0.2, 0.25) is 0 Å². The predicted molar refractivity (Wildman–Crippen MR) is 76.4 cm³/mol. The molecule has 0 amide bonds. The number of nitrogens with one attached hydrogen (secondary N) is 1. The summed E-state index contributed by atoms with van der Waals surface area (Å²) < 4.78 is 78.6. The Labute approximate surface area is 132 Å². The van der Waals surface area contributed by atoms with Crippen molar-refractivity contribution in [2.24, 2.45) is 0 Å². The quantitative estimate of drug-likeness (QED) is 0.779. The first kappa shape index (κ1) is 16.8. The zero-order chi connectivity index (χ0) is 16.5. The molecule has 2 rings (SSSR count). The molecule has 1 N–H and O–H groups in total. The van der Waals surface area contributed by atoms with Crippen molar-refractivity contribution < 1.29 is 26.0 Å². The summed E-state index contributed by atoms with van der Waals surface area (Å²) in [5, 5.41) is 0. The summed E-state index contributed by atoms with van der Waals surface area (Å²) >= 11 is 3.10. The molecule has 0 saturated carbocycles. The Kier molecular flexibility index (Phi) is 4.48. The molecule has 22 heavy (non-hydrogen) atoms. The lowest BCUT2D eigenvalue weighted by molar-refractivity contribution is -0.137. The van der Waals surface area contributed by atoms with E-state index in [1.807, 2.05) is 0 Å². The molecule has 0 fully saturated rings. The van der Waals surface area contributed by atoms with Crippen molar-refractivity contribution in [1.29, 1.82) is 0 Å². The second-order valence-corrected chi connectivity index (χ2v) is 6.82. The van der Waals surface area contributed by atoms with E-state index >= 15 is 0 Å². The molecule has 0 saturated heterocycles. The van der Waals surface area contributed by atoms with E-state index in [0.717, 1.165) is 12.1 Å². The van der Waals surface area contributed by atoms with Gasteiger partial charge in [0.15, 0.2) is 0 Å². The van der Waals surface area contributed by atoms with Crippen molar-refractivity contribution in [3.05, 3.63) is 58.3 Å². The third-order valence-corrected chi connectivity index (χ3v) is 4.57. The molecule has 0 radical (unpaired) electrons. The van der Waals surface area contributed by atoms with Crippen LogP contribution in [-0.4, -0.2) is 8.42 Å². The number of anilines is 1. The minimum Gasteiger partial charge on any atom is -0.276 e. The molecule has 0 atom stereocenters. The molecule has 0 spiro atoms. The van der Waals surface area contributed by atoms with Gasteiger partial charge < -0.3 is 0 Å². The van der Waals surface area contributed by atoms with Gasteiger partial charge in [0.25, 0.3) is 10.0 Å². The lowest BCUT2D eigenvalue weighted by Crippen LogP contribution is -2.18. The van der Waals surface area contributed by atoms with E-state index < -0.39 is 33.3 Å². The Morgan fingerprint density at radius 3 is 2.14 bits per heavy atom. The van der Waals surface area contributed by atoms with Crippen LogP contribution < -0.4 is 4.72 Å². The van der Waals surface area contributed by atoms with Crippen molar-refractivity contribution in [3.8, 4) is 0 Å². The first-order valence-electron chi connectivity index (χ1n) is 5.75. The van der Waals surface area contributed by atoms with E-state index in [9.17, 15) is 26.0 Å². The van der Waals surface area contributed by atoms with Gasteiger partial charge in [-0.3, -0.25) is 4.72 Å². The predicted octanol–water partition coefficient (Wildman–Crippen LogP) is 4.41. The van der Waals surface area contributed by atoms with Gasteiger partial charge in [0.05, 0.1) is 16.1 Å². The Balaban J connectivity index is 2.48. The third kappa shape index (κ3) is 3.58. The summed E-state index contributed by atoms with van der Waals surface area (Å²) in [6.07, 6.45) is -4.89. The van der Waals surface area contributed by atoms with Crippen LogP contribution in [0, 0.1) is 5.82 Å². The van der Waals surface area contributed by atoms with E-state index in [2.05, 4.69) is 15.9 Å². The van der Waals surface area contributed by atoms with Crippen molar-refractivity contribution in [1.82, 2.24) is 0 Å². The minimum absolute atomic E-state index is 0.285. The monoisotopic (exact) mass is 397 g/mol. The highest BCUT2D eigenvalue weighted by Crippen LogP contribution is 2.37. The second-order valence-electron chi connectivity index (χ2n) is 4.22. The highest BCUT2D eigenvalue weighted by molar-refractivity contribution is 9.10. The average molecular weight is 398 g/mol. The average Bonchev–Trinajstić information content (AvgIpc) is 2.40. The zero-order valence-electron chi connectivity index (χ0n) is 10.7. The zero-order valence-corrected chi connectivity index (χ0v) is 13.1. The van der Waals surface area contributed by atoms with E-state index in [4.69, 9.17) is 0 Å². The van der Waals surface area contributed by atoms with Crippen molar-refractivity contribution in [2.75, 3.05) is 4.72 Å². The molecule has 118 valence electrons. The number of sulfonamides is 1. The SMILES string of the molecule is O=S(=O)(Nc1c(F)cccc1C(F)(F)F)c1ccc(Br)cc1. The number of halogens is 5. The molecule has 0 unspecified atom stereocenters. The molecular formula is C13H8BrF4NO2S. The molecule has 0 bridgehead atoms. The van der Waals surface area contributed by atoms with Crippen molar-refractivity contribution in [2.45, 2.75) is 11.1 Å². The normalized spacial score (nSPS) is 12.2. The lowest BCUT2D eigenvalue weighted by atomic mass is 10.1. The maximum absolute atomic E-state index is 13.7. The van der Waals surface area contributed by atoms with E-state index in [-0.39, 0.29) is 4.90 Å². The maximum Gasteiger partial charge on any atom is 0.418 e. The fourth-order valence-electron chi connectivity index (χ4n) is 1.67. The standard InChI is InChI=1S/C13H8BrF4NO2S/c14-8-4-6-9(7-5-8)22(20,21)19-12-10(13(16,17)18)2-1-3-11(12)15/h1-7,19H. The Hall–Kier alpha value is -1.61. The number of rotatable bonds is 3. The summed E-state index contributed by atoms with van der Waals surface area (Å²) in [5.74, 6) is -1.31. The smallest absolute Gasteiger partial charge is 0.276 e. The second kappa shape index (κ2) is 5.88. The highest BCUT2D eigenvalue weighted by atomic mass is 79.9. The summed E-state index contributed by atoms with van der Waals surface area (Å²) in [6.45, 7) is 0. The van der Waals surface area contributed by atoms with Crippen LogP contribution in [0.1, 0.15) is 5.56 Å². The van der Waals surface area contributed by atoms with Crippen LogP contribution in [0.25, 0.3) is 0 Å². The molecule has 9 heteroatoms. The summed E-state index contributed by atoms with van der Waals surface area (Å²) in [6, 6.07) is 7.37. The van der Waals surface area contributed by atoms with Crippen LogP contribution in [0.3, 0.4) is 0 Å². The van der Waals surface area contributed by atoms with Crippen LogP contribution in [0.15, 0.2) is 51.8 Å². The van der Waals surface area contributed by atoms with Gasteiger partial charge in [-0.2, -0.15) is 13.2 Å². The molecule has 2 aromatic carbocycles. The topological polar surface area (TPSA) is 46.2 Å². The van der Waals surface area contributed by atoms with Crippen LogP contribution in [-0.2, 0) is 16.2 Å². The molecule has 2 aromatic rings. The van der Waals surface area contributed by atoms with Gasteiger partial charge in [-0.1, -0.05) is 22.0 Å². The molecule has 3 nitrogen and oxygen atoms in total. The summed E-state index contributed by atoms with van der Waals surface area (Å²) in [7, 11) is -4.35. The third-order valence-electron chi connectivity index (χ3n) is 2.68. The van der Waals surface area contributed by atoms with E-state index in [0.29, 0.717) is 10.5 Å². The number of benzene rings is 2. The molecule has 0 heterocycles. The first-order valence-corrected chi connectivity index (χ1v) is 8.03. The molecule has 0 aliphatic heterocycles. The van der Waals surface area contributed by atoms with E-state index in [1.165, 1.54) is 24.3 Å². The van der Waals surface area contributed by atoms with Crippen molar-refractivity contribution >= 4 is 31.6 Å². The Morgan fingerprint density at radius 2 is 1.59 bits per heavy atom. The van der Waals surface area contributed by atoms with Crippen molar-refractivity contribution in [3.63, 3.8) is 0 Å². The van der Waals surface area contributed by atoms with Gasteiger partial charge in [-0.25, -0.2) is 12.8 Å². The number of hydrogen-bond acceptors (Lipinski definition) is 2. The molecular weight excluding hydrogens is 390 g/mol. The lowest BCUT2D eigenvalue weighted by Gasteiger charge is -2.15. The maximum atomic E-state index is 13.7. The molecule has 0 aromatic heterocycles. The number of hydrogen-bond donors (Lipinski definition) is 1. The number of para-hydroxylation sites is 1. The minimum atomic E-state index is -4.89. The van der Waals surface area contributed by atoms with Crippen LogP contribution in [0.2, 0.25) is 0 Å². The van der Waals surface area contributed by atoms with Gasteiger partial charge in [0.1, 0.15) is 5.82 Å². The Morgan fingerprint density at radius 1 is 1.00 bits per heavy atom. The number of alkyl halides is 3. The molecule has 0 aliphatic rings. The van der Waals surface area contributed by atoms with E-state index in [1.54, 1.807) is 4.72 Å². The highest BCUT2D eigenvalue weighted by Gasteiger charge is 2.36. The largest absolute Gasteiger partial charge is 0.418 e. The van der Waals surface area contributed by atoms with Crippen LogP contribution in [0.4, 0.5) is 23.2 Å². The summed E-state index contributed by atoms with van der Waals surface area (Å²) in [4.78, 5) is -0.285. The molecule has 0 aliphatic carbocycles. The van der Waals surface area contributed by atoms with Crippen LogP contribution in [0.5, 0.6) is 0 Å².